The molecule has 3 aromatic rings. The molecule has 0 radical (unpaired) electrons. The van der Waals surface area contributed by atoms with Crippen LogP contribution in [0.2, 0.25) is 0 Å². The van der Waals surface area contributed by atoms with E-state index in [1.807, 2.05) is 0 Å². The molecular weight excluding hydrogens is 470 g/mol. The van der Waals surface area contributed by atoms with Gasteiger partial charge in [0.1, 0.15) is 24.4 Å². The highest BCUT2D eigenvalue weighted by Gasteiger charge is 2.44. The van der Waals surface area contributed by atoms with Crippen molar-refractivity contribution in [3.63, 3.8) is 0 Å². The number of aromatic nitrogens is 1. The molecule has 2 fully saturated rings. The second-order valence-electron chi connectivity index (χ2n) is 10.6. The van der Waals surface area contributed by atoms with Gasteiger partial charge in [-0.05, 0) is 43.4 Å². The predicted octanol–water partition coefficient (Wildman–Crippen LogP) is 3.79. The van der Waals surface area contributed by atoms with Gasteiger partial charge in [0.2, 0.25) is 0 Å². The molecule has 1 saturated heterocycles. The molecule has 2 aromatic carbocycles. The van der Waals surface area contributed by atoms with E-state index in [-0.39, 0.29) is 12.5 Å². The maximum absolute atomic E-state index is 10.4. The average Bonchev–Trinajstić information content (AvgIpc) is 3.31. The molecule has 5 rings (SSSR count). The van der Waals surface area contributed by atoms with Gasteiger partial charge in [-0.2, -0.15) is 0 Å². The Bertz CT molecular complexity index is 1170. The van der Waals surface area contributed by atoms with Gasteiger partial charge in [-0.15, -0.1) is 0 Å². The molecule has 1 aliphatic heterocycles. The van der Waals surface area contributed by atoms with Gasteiger partial charge >= 0.3 is 0 Å². The monoisotopic (exact) mass is 509 g/mol. The molecule has 0 bridgehead atoms. The maximum atomic E-state index is 10.4. The number of fused-ring (bicyclic) bond motifs is 1. The van der Waals surface area contributed by atoms with Crippen LogP contribution in [0.25, 0.3) is 10.9 Å². The Hall–Kier alpha value is -2.26. The molecule has 1 aliphatic carbocycles. The van der Waals surface area contributed by atoms with Crippen LogP contribution in [0.5, 0.6) is 0 Å². The van der Waals surface area contributed by atoms with Gasteiger partial charge in [-0.25, -0.2) is 0 Å². The summed E-state index contributed by atoms with van der Waals surface area (Å²) in [4.78, 5) is 0. The summed E-state index contributed by atoms with van der Waals surface area (Å²) in [6, 6.07) is 17.7. The van der Waals surface area contributed by atoms with Crippen LogP contribution in [0.3, 0.4) is 0 Å². The summed E-state index contributed by atoms with van der Waals surface area (Å²) in [5.74, 6) is 0.0551. The molecule has 37 heavy (non-hydrogen) atoms. The maximum Gasteiger partial charge on any atom is 0.186 e. The lowest BCUT2D eigenvalue weighted by molar-refractivity contribution is -0.301. The van der Waals surface area contributed by atoms with Crippen molar-refractivity contribution in [2.24, 2.45) is 0 Å². The number of rotatable bonds is 8. The van der Waals surface area contributed by atoms with Crippen molar-refractivity contribution in [3.8, 4) is 0 Å². The van der Waals surface area contributed by atoms with Crippen LogP contribution in [0, 0.1) is 6.92 Å². The Labute approximate surface area is 218 Å². The Morgan fingerprint density at radius 1 is 0.973 bits per heavy atom. The molecule has 1 aromatic heterocycles. The quantitative estimate of drug-likeness (QED) is 0.368. The van der Waals surface area contributed by atoms with Crippen LogP contribution in [0.4, 0.5) is 0 Å². The van der Waals surface area contributed by atoms with Crippen molar-refractivity contribution in [2.45, 2.75) is 88.1 Å². The lowest BCUT2D eigenvalue weighted by Crippen LogP contribution is -2.59. The van der Waals surface area contributed by atoms with Gasteiger partial charge in [0.05, 0.1) is 13.2 Å². The Morgan fingerprint density at radius 3 is 2.51 bits per heavy atom. The fraction of sp³-hybridized carbons (Fsp3) is 0.533. The number of aliphatic hydroxyl groups is 4. The molecule has 7 nitrogen and oxygen atoms in total. The fourth-order valence-electron chi connectivity index (χ4n) is 6.07. The third-order valence-electron chi connectivity index (χ3n) is 8.10. The number of nitrogens with zero attached hydrogens (tertiary/aromatic N) is 1. The van der Waals surface area contributed by atoms with Gasteiger partial charge in [0, 0.05) is 29.1 Å². The zero-order valence-corrected chi connectivity index (χ0v) is 21.4. The number of ether oxygens (including phenoxy) is 2. The fourth-order valence-corrected chi connectivity index (χ4v) is 6.07. The van der Waals surface area contributed by atoms with Gasteiger partial charge < -0.3 is 34.5 Å². The predicted molar refractivity (Wildman–Crippen MR) is 141 cm³/mol. The van der Waals surface area contributed by atoms with Crippen molar-refractivity contribution in [2.75, 3.05) is 13.2 Å². The van der Waals surface area contributed by atoms with Crippen LogP contribution < -0.4 is 0 Å². The topological polar surface area (TPSA) is 104 Å². The molecule has 2 heterocycles. The SMILES string of the molecule is Cc1cccc(C(CCOC2OC(CO)C(O)C(O)C2O)c2cn(C3CCCCC3)c3ccccc23)c1. The third-order valence-corrected chi connectivity index (χ3v) is 8.10. The zero-order chi connectivity index (χ0) is 25.9. The van der Waals surface area contributed by atoms with Crippen LogP contribution in [0.1, 0.15) is 67.2 Å². The van der Waals surface area contributed by atoms with Crippen molar-refractivity contribution in [3.05, 3.63) is 71.4 Å². The van der Waals surface area contributed by atoms with E-state index in [2.05, 4.69) is 66.2 Å². The standard InChI is InChI=1S/C30H39NO6/c1-19-8-7-9-20(16-19)22(14-15-36-30-29(35)28(34)27(33)26(18-32)37-30)24-17-31(21-10-3-2-4-11-21)25-13-6-5-12-23(24)25/h5-9,12-13,16-17,21-22,26-30,32-35H,2-4,10-11,14-15,18H2,1H3. The number of hydrogen-bond acceptors (Lipinski definition) is 6. The molecule has 6 atom stereocenters. The molecule has 7 heteroatoms. The van der Waals surface area contributed by atoms with E-state index in [1.165, 1.54) is 59.7 Å². The second kappa shape index (κ2) is 11.6. The molecule has 0 spiro atoms. The van der Waals surface area contributed by atoms with E-state index < -0.39 is 37.3 Å². The summed E-state index contributed by atoms with van der Waals surface area (Å²) in [5.41, 5.74) is 4.90. The van der Waals surface area contributed by atoms with Crippen molar-refractivity contribution >= 4 is 10.9 Å². The van der Waals surface area contributed by atoms with Gasteiger partial charge in [0.15, 0.2) is 6.29 Å². The van der Waals surface area contributed by atoms with E-state index in [4.69, 9.17) is 9.47 Å². The zero-order valence-electron chi connectivity index (χ0n) is 21.4. The molecule has 2 aliphatic rings. The van der Waals surface area contributed by atoms with Crippen LogP contribution in [0.15, 0.2) is 54.7 Å². The van der Waals surface area contributed by atoms with Gasteiger partial charge in [-0.3, -0.25) is 0 Å². The first-order valence-electron chi connectivity index (χ1n) is 13.6. The smallest absolute Gasteiger partial charge is 0.186 e. The van der Waals surface area contributed by atoms with Gasteiger partial charge in [-0.1, -0.05) is 67.3 Å². The number of benzene rings is 2. The first kappa shape index (κ1) is 26.4. The number of hydrogen-bond donors (Lipinski definition) is 4. The molecule has 4 N–H and O–H groups in total. The Balaban J connectivity index is 1.43. The number of aryl methyl sites for hydroxylation is 1. The van der Waals surface area contributed by atoms with Crippen LogP contribution in [-0.2, 0) is 9.47 Å². The van der Waals surface area contributed by atoms with Crippen molar-refractivity contribution in [1.29, 1.82) is 0 Å². The number of aliphatic hydroxyl groups excluding tert-OH is 4. The minimum atomic E-state index is -1.45. The summed E-state index contributed by atoms with van der Waals surface area (Å²) >= 11 is 0. The van der Waals surface area contributed by atoms with E-state index in [0.717, 1.165) is 0 Å². The van der Waals surface area contributed by atoms with Gasteiger partial charge in [0.25, 0.3) is 0 Å². The molecule has 1 saturated carbocycles. The first-order valence-corrected chi connectivity index (χ1v) is 13.6. The van der Waals surface area contributed by atoms with Crippen molar-refractivity contribution < 1.29 is 29.9 Å². The summed E-state index contributed by atoms with van der Waals surface area (Å²) in [7, 11) is 0. The summed E-state index contributed by atoms with van der Waals surface area (Å²) in [6.07, 6.45) is 2.86. The van der Waals surface area contributed by atoms with E-state index in [0.29, 0.717) is 12.5 Å². The Morgan fingerprint density at radius 2 is 1.76 bits per heavy atom. The molecule has 6 unspecified atom stereocenters. The summed E-state index contributed by atoms with van der Waals surface area (Å²) < 4.78 is 14.0. The molecule has 200 valence electrons. The third kappa shape index (κ3) is 5.48. The average molecular weight is 510 g/mol. The van der Waals surface area contributed by atoms with E-state index >= 15 is 0 Å². The summed E-state index contributed by atoms with van der Waals surface area (Å²) in [5, 5.41) is 41.3. The van der Waals surface area contributed by atoms with E-state index in [1.54, 1.807) is 0 Å². The van der Waals surface area contributed by atoms with Crippen LogP contribution >= 0.6 is 0 Å². The molecular formula is C30H39NO6. The lowest BCUT2D eigenvalue weighted by Gasteiger charge is -2.39. The van der Waals surface area contributed by atoms with Crippen LogP contribution in [-0.4, -0.2) is 68.9 Å². The number of para-hydroxylation sites is 1. The van der Waals surface area contributed by atoms with E-state index in [9.17, 15) is 20.4 Å². The van der Waals surface area contributed by atoms with Crippen molar-refractivity contribution in [1.82, 2.24) is 4.57 Å². The highest BCUT2D eigenvalue weighted by Crippen LogP contribution is 2.39. The minimum absolute atomic E-state index is 0.0551. The highest BCUT2D eigenvalue weighted by molar-refractivity contribution is 5.85. The lowest BCUT2D eigenvalue weighted by atomic mass is 9.88. The first-order chi connectivity index (χ1) is 18.0. The molecule has 0 amide bonds. The minimum Gasteiger partial charge on any atom is -0.394 e. The summed E-state index contributed by atoms with van der Waals surface area (Å²) in [6.45, 7) is 1.89. The largest absolute Gasteiger partial charge is 0.394 e. The highest BCUT2D eigenvalue weighted by atomic mass is 16.7. The normalized spacial score (nSPS) is 28.0. The Kier molecular flexibility index (Phi) is 8.29. The second-order valence-corrected chi connectivity index (χ2v) is 10.6.